The molecule has 0 saturated heterocycles. The minimum atomic E-state index is -6.96. The van der Waals surface area contributed by atoms with Crippen molar-refractivity contribution in [3.63, 3.8) is 0 Å². The third kappa shape index (κ3) is 8.27. The largest absolute Gasteiger partial charge is 0.523 e. The van der Waals surface area contributed by atoms with Gasteiger partial charge in [0, 0.05) is 0 Å². The van der Waals surface area contributed by atoms with Crippen molar-refractivity contribution in [1.82, 2.24) is 0 Å². The van der Waals surface area contributed by atoms with Gasteiger partial charge in [-0.1, -0.05) is 0 Å². The Labute approximate surface area is 166 Å². The van der Waals surface area contributed by atoms with Gasteiger partial charge in [0.15, 0.2) is 13.2 Å². The summed E-state index contributed by atoms with van der Waals surface area (Å²) in [5, 5.41) is 0. The molecule has 0 aromatic carbocycles. The average Bonchev–Trinajstić information content (AvgIpc) is 2.47. The second-order valence-electron chi connectivity index (χ2n) is 4.84. The summed E-state index contributed by atoms with van der Waals surface area (Å²) in [7, 11) is -13.8. The lowest BCUT2D eigenvalue weighted by atomic mass is 10.5. The van der Waals surface area contributed by atoms with Gasteiger partial charge < -0.3 is 0 Å². The van der Waals surface area contributed by atoms with Gasteiger partial charge in [-0.15, -0.1) is 0 Å². The van der Waals surface area contributed by atoms with E-state index in [-0.39, 0.29) is 0 Å². The molecular formula is C8H4F14O8S2. The summed E-state index contributed by atoms with van der Waals surface area (Å²) in [6, 6.07) is 0. The number of rotatable bonds is 11. The summed E-state index contributed by atoms with van der Waals surface area (Å²) < 4.78 is 226. The molecule has 0 aliphatic rings. The SMILES string of the molecule is O=S(=O)(OCC(F)(F)OC(F)(F)C(F)(F)OC(F)(F)COS(=O)(=O)C(F)(F)F)C(F)(F)F. The van der Waals surface area contributed by atoms with Gasteiger partial charge in [0.1, 0.15) is 0 Å². The lowest BCUT2D eigenvalue weighted by Crippen LogP contribution is -2.53. The zero-order valence-corrected chi connectivity index (χ0v) is 15.4. The van der Waals surface area contributed by atoms with Crippen LogP contribution in [0.15, 0.2) is 0 Å². The Bertz CT molecular complexity index is 786. The molecule has 8 nitrogen and oxygen atoms in total. The molecule has 0 heterocycles. The van der Waals surface area contributed by atoms with E-state index in [1.807, 2.05) is 9.47 Å². The van der Waals surface area contributed by atoms with Gasteiger partial charge in [0.2, 0.25) is 0 Å². The zero-order valence-electron chi connectivity index (χ0n) is 13.8. The minimum Gasteiger partial charge on any atom is -0.254 e. The van der Waals surface area contributed by atoms with Crippen LogP contribution in [0.1, 0.15) is 0 Å². The van der Waals surface area contributed by atoms with Crippen molar-refractivity contribution in [3.05, 3.63) is 0 Å². The molecule has 0 aliphatic carbocycles. The van der Waals surface area contributed by atoms with Crippen LogP contribution < -0.4 is 0 Å². The topological polar surface area (TPSA) is 105 Å². The van der Waals surface area contributed by atoms with Crippen LogP contribution in [0.25, 0.3) is 0 Å². The fraction of sp³-hybridized carbons (Fsp3) is 1.00. The molecule has 0 aromatic heterocycles. The molecule has 0 aliphatic heterocycles. The average molecular weight is 558 g/mol. The molecule has 0 rings (SSSR count). The molecule has 0 spiro atoms. The maximum absolute atomic E-state index is 13.1. The van der Waals surface area contributed by atoms with E-state index < -0.39 is 68.9 Å². The number of ether oxygens (including phenoxy) is 2. The van der Waals surface area contributed by atoms with Crippen LogP contribution in [0, 0.1) is 0 Å². The van der Waals surface area contributed by atoms with Crippen LogP contribution in [0.4, 0.5) is 61.5 Å². The predicted molar refractivity (Wildman–Crippen MR) is 63.8 cm³/mol. The Morgan fingerprint density at radius 1 is 0.469 bits per heavy atom. The summed E-state index contributed by atoms with van der Waals surface area (Å²) >= 11 is 0. The first-order valence-electron chi connectivity index (χ1n) is 6.40. The summed E-state index contributed by atoms with van der Waals surface area (Å²) in [4.78, 5) is 0. The van der Waals surface area contributed by atoms with E-state index in [9.17, 15) is 78.3 Å². The molecular weight excluding hydrogens is 554 g/mol. The Balaban J connectivity index is 5.39. The van der Waals surface area contributed by atoms with E-state index in [4.69, 9.17) is 0 Å². The first-order chi connectivity index (χ1) is 13.6. The Morgan fingerprint density at radius 3 is 0.875 bits per heavy atom. The molecule has 0 radical (unpaired) electrons. The van der Waals surface area contributed by atoms with Crippen LogP contribution in [0.3, 0.4) is 0 Å². The standard InChI is InChI=1S/C8H4F14O8S2/c9-3(10,1-27-31(23,24)7(17,18)19)29-5(13,14)6(15,16)30-4(11,12)2-28-32(25,26)8(20,21)22/h1-2H2. The molecule has 0 aromatic rings. The van der Waals surface area contributed by atoms with Crippen molar-refractivity contribution < 1.29 is 96.1 Å². The molecule has 24 heteroatoms. The quantitative estimate of drug-likeness (QED) is 0.217. The molecule has 0 amide bonds. The summed E-state index contributed by atoms with van der Waals surface area (Å²) in [5.74, 6) is 0. The number of halogens is 14. The van der Waals surface area contributed by atoms with Gasteiger partial charge in [-0.05, 0) is 0 Å². The fourth-order valence-electron chi connectivity index (χ4n) is 0.979. The van der Waals surface area contributed by atoms with Gasteiger partial charge in [0.25, 0.3) is 0 Å². The van der Waals surface area contributed by atoms with Crippen molar-refractivity contribution in [2.45, 2.75) is 35.5 Å². The van der Waals surface area contributed by atoms with E-state index >= 15 is 0 Å². The highest BCUT2D eigenvalue weighted by molar-refractivity contribution is 7.87. The molecule has 0 fully saturated rings. The predicted octanol–water partition coefficient (Wildman–Crippen LogP) is 3.12. The molecule has 0 unspecified atom stereocenters. The Kier molecular flexibility index (Phi) is 8.50. The van der Waals surface area contributed by atoms with Gasteiger partial charge in [-0.2, -0.15) is 78.3 Å². The van der Waals surface area contributed by atoms with Crippen LogP contribution in [0.5, 0.6) is 0 Å². The van der Waals surface area contributed by atoms with Crippen LogP contribution in [-0.2, 0) is 38.1 Å². The highest BCUT2D eigenvalue weighted by atomic mass is 32.2. The van der Waals surface area contributed by atoms with Crippen molar-refractivity contribution in [3.8, 4) is 0 Å². The Hall–Kier alpha value is -1.24. The highest BCUT2D eigenvalue weighted by Crippen LogP contribution is 2.43. The molecule has 32 heavy (non-hydrogen) atoms. The second-order valence-corrected chi connectivity index (χ2v) is 8.05. The lowest BCUT2D eigenvalue weighted by molar-refractivity contribution is -0.514. The van der Waals surface area contributed by atoms with E-state index in [1.54, 1.807) is 0 Å². The Morgan fingerprint density at radius 2 is 0.688 bits per heavy atom. The first-order valence-corrected chi connectivity index (χ1v) is 9.22. The second kappa shape index (κ2) is 8.84. The van der Waals surface area contributed by atoms with E-state index in [2.05, 4.69) is 8.37 Å². The van der Waals surface area contributed by atoms with Crippen LogP contribution >= 0.6 is 0 Å². The zero-order chi connectivity index (χ0) is 26.2. The fourth-order valence-corrected chi connectivity index (χ4v) is 1.83. The monoisotopic (exact) mass is 558 g/mol. The number of alkyl halides is 14. The molecule has 194 valence electrons. The van der Waals surface area contributed by atoms with Gasteiger partial charge in [0.05, 0.1) is 0 Å². The smallest absolute Gasteiger partial charge is 0.254 e. The highest BCUT2D eigenvalue weighted by Gasteiger charge is 2.68. The van der Waals surface area contributed by atoms with Gasteiger partial charge in [-0.3, -0.25) is 8.37 Å². The summed E-state index contributed by atoms with van der Waals surface area (Å²) in [6.45, 7) is -6.69. The third-order valence-corrected chi connectivity index (χ3v) is 4.22. The van der Waals surface area contributed by atoms with Gasteiger partial charge >= 0.3 is 55.7 Å². The van der Waals surface area contributed by atoms with E-state index in [1.165, 1.54) is 0 Å². The van der Waals surface area contributed by atoms with E-state index in [0.717, 1.165) is 0 Å². The molecule has 0 N–H and O–H groups in total. The van der Waals surface area contributed by atoms with Crippen molar-refractivity contribution in [2.24, 2.45) is 0 Å². The number of hydrogen-bond donors (Lipinski definition) is 0. The normalized spacial score (nSPS) is 15.8. The molecule has 0 atom stereocenters. The number of hydrogen-bond acceptors (Lipinski definition) is 8. The van der Waals surface area contributed by atoms with E-state index in [0.29, 0.717) is 0 Å². The van der Waals surface area contributed by atoms with Crippen LogP contribution in [-0.4, -0.2) is 65.5 Å². The van der Waals surface area contributed by atoms with Crippen molar-refractivity contribution >= 4 is 20.2 Å². The van der Waals surface area contributed by atoms with Gasteiger partial charge in [-0.25, -0.2) is 9.47 Å². The third-order valence-electron chi connectivity index (χ3n) is 2.23. The summed E-state index contributed by atoms with van der Waals surface area (Å²) in [5.41, 5.74) is -12.8. The first kappa shape index (κ1) is 30.8. The molecule has 0 bridgehead atoms. The summed E-state index contributed by atoms with van der Waals surface area (Å²) in [6.07, 6.45) is -26.1. The molecule has 0 saturated carbocycles. The van der Waals surface area contributed by atoms with Crippen molar-refractivity contribution in [2.75, 3.05) is 13.2 Å². The maximum atomic E-state index is 13.1. The maximum Gasteiger partial charge on any atom is 0.523 e. The lowest BCUT2D eigenvalue weighted by Gasteiger charge is -2.30. The van der Waals surface area contributed by atoms with Crippen molar-refractivity contribution in [1.29, 1.82) is 0 Å². The minimum absolute atomic E-state index is 1.97. The van der Waals surface area contributed by atoms with Crippen LogP contribution in [0.2, 0.25) is 0 Å².